The lowest BCUT2D eigenvalue weighted by Crippen LogP contribution is -2.42. The van der Waals surface area contributed by atoms with Crippen LogP contribution < -0.4 is 5.32 Å². The SMILES string of the molecule is CC1CCC(C(C)C)C(NCc2ccc(Cl)c(F)c2)C1. The Balaban J connectivity index is 1.98. The van der Waals surface area contributed by atoms with Crippen LogP contribution >= 0.6 is 11.6 Å². The maximum atomic E-state index is 13.5. The molecule has 3 heteroatoms. The largest absolute Gasteiger partial charge is 0.310 e. The Morgan fingerprint density at radius 3 is 2.75 bits per heavy atom. The highest BCUT2D eigenvalue weighted by atomic mass is 35.5. The zero-order valence-corrected chi connectivity index (χ0v) is 13.4. The fourth-order valence-corrected chi connectivity index (χ4v) is 3.45. The van der Waals surface area contributed by atoms with Gasteiger partial charge in [0.1, 0.15) is 5.82 Å². The van der Waals surface area contributed by atoms with Crippen molar-refractivity contribution < 1.29 is 4.39 Å². The lowest BCUT2D eigenvalue weighted by molar-refractivity contribution is 0.169. The van der Waals surface area contributed by atoms with Crippen molar-refractivity contribution in [1.29, 1.82) is 0 Å². The van der Waals surface area contributed by atoms with E-state index in [9.17, 15) is 4.39 Å². The molecule has 1 aliphatic rings. The lowest BCUT2D eigenvalue weighted by atomic mass is 9.74. The molecule has 0 bridgehead atoms. The van der Waals surface area contributed by atoms with E-state index in [1.165, 1.54) is 25.3 Å². The first kappa shape index (κ1) is 15.8. The summed E-state index contributed by atoms with van der Waals surface area (Å²) in [4.78, 5) is 0. The molecule has 1 aromatic rings. The summed E-state index contributed by atoms with van der Waals surface area (Å²) >= 11 is 5.72. The van der Waals surface area contributed by atoms with Gasteiger partial charge in [-0.1, -0.05) is 44.9 Å². The molecular formula is C17H25ClFN. The summed E-state index contributed by atoms with van der Waals surface area (Å²) in [6.07, 6.45) is 3.85. The van der Waals surface area contributed by atoms with Crippen LogP contribution in [-0.4, -0.2) is 6.04 Å². The number of hydrogen-bond donors (Lipinski definition) is 1. The molecule has 0 amide bonds. The first-order chi connectivity index (χ1) is 9.47. The molecule has 20 heavy (non-hydrogen) atoms. The summed E-state index contributed by atoms with van der Waals surface area (Å²) in [5.74, 6) is 1.87. The Kier molecular flexibility index (Phi) is 5.45. The Labute approximate surface area is 126 Å². The molecule has 0 heterocycles. The predicted molar refractivity (Wildman–Crippen MR) is 83.4 cm³/mol. The van der Waals surface area contributed by atoms with E-state index in [4.69, 9.17) is 11.6 Å². The number of hydrogen-bond acceptors (Lipinski definition) is 1. The van der Waals surface area contributed by atoms with Crippen molar-refractivity contribution in [2.24, 2.45) is 17.8 Å². The molecule has 0 spiro atoms. The van der Waals surface area contributed by atoms with Crippen molar-refractivity contribution >= 4 is 11.6 Å². The van der Waals surface area contributed by atoms with Gasteiger partial charge in [-0.15, -0.1) is 0 Å². The number of nitrogens with one attached hydrogen (secondary N) is 1. The molecule has 1 fully saturated rings. The zero-order chi connectivity index (χ0) is 14.7. The molecular weight excluding hydrogens is 273 g/mol. The highest BCUT2D eigenvalue weighted by Crippen LogP contribution is 2.33. The van der Waals surface area contributed by atoms with Crippen LogP contribution in [0.1, 0.15) is 45.6 Å². The van der Waals surface area contributed by atoms with Gasteiger partial charge in [-0.05, 0) is 48.3 Å². The summed E-state index contributed by atoms with van der Waals surface area (Å²) in [6, 6.07) is 5.61. The van der Waals surface area contributed by atoms with Crippen LogP contribution in [0.4, 0.5) is 4.39 Å². The van der Waals surface area contributed by atoms with Gasteiger partial charge in [0.15, 0.2) is 0 Å². The maximum Gasteiger partial charge on any atom is 0.142 e. The van der Waals surface area contributed by atoms with Crippen molar-refractivity contribution in [2.45, 2.75) is 52.6 Å². The molecule has 0 aliphatic heterocycles. The minimum atomic E-state index is -0.330. The highest BCUT2D eigenvalue weighted by molar-refractivity contribution is 6.30. The molecule has 1 N–H and O–H groups in total. The summed E-state index contributed by atoms with van der Waals surface area (Å²) in [6.45, 7) is 7.65. The Morgan fingerprint density at radius 2 is 2.10 bits per heavy atom. The van der Waals surface area contributed by atoms with Gasteiger partial charge in [0.05, 0.1) is 5.02 Å². The maximum absolute atomic E-state index is 13.5. The van der Waals surface area contributed by atoms with E-state index in [1.807, 2.05) is 6.07 Å². The zero-order valence-electron chi connectivity index (χ0n) is 12.6. The third-order valence-corrected chi connectivity index (χ3v) is 4.88. The van der Waals surface area contributed by atoms with E-state index in [2.05, 4.69) is 26.1 Å². The van der Waals surface area contributed by atoms with Crippen LogP contribution in [-0.2, 0) is 6.54 Å². The Morgan fingerprint density at radius 1 is 1.35 bits per heavy atom. The van der Waals surface area contributed by atoms with E-state index in [0.29, 0.717) is 18.5 Å². The molecule has 1 saturated carbocycles. The van der Waals surface area contributed by atoms with Gasteiger partial charge in [-0.3, -0.25) is 0 Å². The van der Waals surface area contributed by atoms with Crippen molar-refractivity contribution in [3.05, 3.63) is 34.6 Å². The molecule has 1 nitrogen and oxygen atoms in total. The lowest BCUT2D eigenvalue weighted by Gasteiger charge is -2.38. The van der Waals surface area contributed by atoms with Gasteiger partial charge in [-0.2, -0.15) is 0 Å². The summed E-state index contributed by atoms with van der Waals surface area (Å²) < 4.78 is 13.5. The van der Waals surface area contributed by atoms with Gasteiger partial charge in [0.2, 0.25) is 0 Å². The quantitative estimate of drug-likeness (QED) is 0.822. The fourth-order valence-electron chi connectivity index (χ4n) is 3.34. The van der Waals surface area contributed by atoms with Crippen LogP contribution in [0, 0.1) is 23.6 Å². The van der Waals surface area contributed by atoms with Crippen molar-refractivity contribution in [1.82, 2.24) is 5.32 Å². The van der Waals surface area contributed by atoms with Gasteiger partial charge in [-0.25, -0.2) is 4.39 Å². The third-order valence-electron chi connectivity index (χ3n) is 4.57. The van der Waals surface area contributed by atoms with Crippen LogP contribution in [0.25, 0.3) is 0 Å². The van der Waals surface area contributed by atoms with Gasteiger partial charge in [0, 0.05) is 12.6 Å². The second-order valence-corrected chi connectivity index (χ2v) is 6.97. The summed E-state index contributed by atoms with van der Waals surface area (Å²) in [7, 11) is 0. The number of rotatable bonds is 4. The Hall–Kier alpha value is -0.600. The molecule has 3 unspecified atom stereocenters. The van der Waals surface area contributed by atoms with Crippen LogP contribution in [0.2, 0.25) is 5.02 Å². The molecule has 1 aliphatic carbocycles. The standard InChI is InChI=1S/C17H25ClFN/c1-11(2)14-6-4-12(3)8-17(14)20-10-13-5-7-15(18)16(19)9-13/h5,7,9,11-12,14,17,20H,4,6,8,10H2,1-3H3. The van der Waals surface area contributed by atoms with Crippen molar-refractivity contribution in [3.8, 4) is 0 Å². The number of halogens is 2. The van der Waals surface area contributed by atoms with Gasteiger partial charge < -0.3 is 5.32 Å². The topological polar surface area (TPSA) is 12.0 Å². The van der Waals surface area contributed by atoms with Gasteiger partial charge in [0.25, 0.3) is 0 Å². The van der Waals surface area contributed by atoms with Crippen molar-refractivity contribution in [3.63, 3.8) is 0 Å². The van der Waals surface area contributed by atoms with Crippen LogP contribution in [0.15, 0.2) is 18.2 Å². The molecule has 0 aromatic heterocycles. The summed E-state index contributed by atoms with van der Waals surface area (Å²) in [5.41, 5.74) is 0.965. The predicted octanol–water partition coefficient (Wildman–Crippen LogP) is 5.03. The smallest absolute Gasteiger partial charge is 0.142 e. The third kappa shape index (κ3) is 3.95. The van der Waals surface area contributed by atoms with E-state index in [1.54, 1.807) is 6.07 Å². The van der Waals surface area contributed by atoms with Gasteiger partial charge >= 0.3 is 0 Å². The van der Waals surface area contributed by atoms with E-state index >= 15 is 0 Å². The first-order valence-electron chi connectivity index (χ1n) is 7.64. The normalized spacial score (nSPS) is 27.0. The van der Waals surface area contributed by atoms with Crippen molar-refractivity contribution in [2.75, 3.05) is 0 Å². The molecule has 0 radical (unpaired) electrons. The Bertz CT molecular complexity index is 447. The van der Waals surface area contributed by atoms with Crippen LogP contribution in [0.5, 0.6) is 0 Å². The highest BCUT2D eigenvalue weighted by Gasteiger charge is 2.30. The second kappa shape index (κ2) is 6.91. The molecule has 112 valence electrons. The monoisotopic (exact) mass is 297 g/mol. The molecule has 2 rings (SSSR count). The molecule has 3 atom stereocenters. The molecule has 0 saturated heterocycles. The van der Waals surface area contributed by atoms with E-state index in [-0.39, 0.29) is 10.8 Å². The fraction of sp³-hybridized carbons (Fsp3) is 0.647. The minimum Gasteiger partial charge on any atom is -0.310 e. The average molecular weight is 298 g/mol. The van der Waals surface area contributed by atoms with E-state index < -0.39 is 0 Å². The second-order valence-electron chi connectivity index (χ2n) is 6.56. The minimum absolute atomic E-state index is 0.195. The van der Waals surface area contributed by atoms with Crippen LogP contribution in [0.3, 0.4) is 0 Å². The first-order valence-corrected chi connectivity index (χ1v) is 8.02. The summed E-state index contributed by atoms with van der Waals surface area (Å²) in [5, 5.41) is 3.83. The number of benzene rings is 1. The molecule has 1 aromatic carbocycles. The van der Waals surface area contributed by atoms with E-state index in [0.717, 1.165) is 17.4 Å². The average Bonchev–Trinajstić information content (AvgIpc) is 2.40.